The summed E-state index contributed by atoms with van der Waals surface area (Å²) in [5.41, 5.74) is 2.98. The van der Waals surface area contributed by atoms with Gasteiger partial charge in [-0.05, 0) is 64.0 Å². The molecule has 0 aliphatic rings. The Balaban J connectivity index is 0.00000130. The summed E-state index contributed by atoms with van der Waals surface area (Å²) in [4.78, 5) is 1.82. The molecule has 0 amide bonds. The van der Waals surface area contributed by atoms with Gasteiger partial charge in [-0.25, -0.2) is 4.42 Å². The number of hydrogen-bond acceptors (Lipinski definition) is 6. The Morgan fingerprint density at radius 3 is 1.93 bits per heavy atom. The van der Waals surface area contributed by atoms with E-state index in [-0.39, 0.29) is 31.3 Å². The average Bonchev–Trinajstić information content (AvgIpc) is 2.89. The van der Waals surface area contributed by atoms with Crippen LogP contribution in [0.1, 0.15) is 44.9 Å². The highest BCUT2D eigenvalue weighted by molar-refractivity contribution is 7.86. The number of nitrogens with zero attached hydrogens (tertiary/aromatic N) is 1. The van der Waals surface area contributed by atoms with Crippen molar-refractivity contribution in [2.45, 2.75) is 39.0 Å². The SMILES string of the molecule is CC(C)(C)c1cc(/C=C/C=C/Nc2ccccc2)c2ccc(N(CCCS(=O)(=O)O)CCCS(=O)(=O)O)cc2[o+]1.F[B-](F)(F)F. The van der Waals surface area contributed by atoms with Gasteiger partial charge < -0.3 is 27.5 Å². The third-order valence-corrected chi connectivity index (χ3v) is 7.66. The Kier molecular flexibility index (Phi) is 13.6. The standard InChI is InChI=1S/C29H36N2O7S2.BF4/c1-29(2,3)28-21-23(11-7-8-16-30-24-12-5-4-6-13-24)26-15-14-25(22-27(26)38-28)31(17-9-19-39(32,33)34)18-10-20-40(35,36)37;2-1(3,4)5/h4-8,11-16,21-22,30H,9-10,17-20H2,1-3H3,(H-,32,33,34,35,36,37);/q;-1/p+1/b11-7+,16-8+;. The van der Waals surface area contributed by atoms with E-state index in [2.05, 4.69) is 26.1 Å². The number of hydrogen-bond donors (Lipinski definition) is 3. The van der Waals surface area contributed by atoms with Gasteiger partial charge in [-0.15, -0.1) is 0 Å². The van der Waals surface area contributed by atoms with Gasteiger partial charge in [0.15, 0.2) is 0 Å². The van der Waals surface area contributed by atoms with Gasteiger partial charge in [-0.1, -0.05) is 30.4 Å². The predicted octanol–water partition coefficient (Wildman–Crippen LogP) is 7.31. The summed E-state index contributed by atoms with van der Waals surface area (Å²) in [7, 11) is -14.3. The molecule has 45 heavy (non-hydrogen) atoms. The van der Waals surface area contributed by atoms with E-state index in [0.29, 0.717) is 11.3 Å². The smallest absolute Gasteiger partial charge is 0.418 e. The van der Waals surface area contributed by atoms with Crippen LogP contribution in [-0.4, -0.2) is 57.8 Å². The first-order valence-corrected chi connectivity index (χ1v) is 17.0. The largest absolute Gasteiger partial charge is 0.673 e. The van der Waals surface area contributed by atoms with E-state index < -0.39 is 39.0 Å². The Bertz CT molecular complexity index is 1630. The Labute approximate surface area is 261 Å². The molecule has 0 spiro atoms. The number of anilines is 2. The second-order valence-corrected chi connectivity index (χ2v) is 14.1. The van der Waals surface area contributed by atoms with Crippen molar-refractivity contribution < 1.29 is 47.6 Å². The molecule has 3 aromatic rings. The highest BCUT2D eigenvalue weighted by Crippen LogP contribution is 2.32. The fraction of sp³-hybridized carbons (Fsp3) is 0.345. The number of nitrogens with one attached hydrogen (secondary N) is 1. The Morgan fingerprint density at radius 2 is 1.42 bits per heavy atom. The minimum absolute atomic E-state index is 0.138. The molecule has 248 valence electrons. The molecule has 0 saturated carbocycles. The maximum Gasteiger partial charge on any atom is 0.673 e. The van der Waals surface area contributed by atoms with Crippen LogP contribution in [-0.2, 0) is 25.7 Å². The lowest BCUT2D eigenvalue weighted by molar-refractivity contribution is 0.368. The molecule has 1 heterocycles. The highest BCUT2D eigenvalue weighted by atomic mass is 32.2. The first kappa shape index (κ1) is 37.7. The maximum absolute atomic E-state index is 11.2. The Hall–Kier alpha value is -3.47. The third kappa shape index (κ3) is 15.9. The molecule has 0 fully saturated rings. The molecule has 0 aliphatic carbocycles. The monoisotopic (exact) mass is 676 g/mol. The van der Waals surface area contributed by atoms with Gasteiger partial charge in [0.25, 0.3) is 20.2 Å². The summed E-state index contributed by atoms with van der Waals surface area (Å²) in [5.74, 6) is -0.0714. The van der Waals surface area contributed by atoms with Gasteiger partial charge in [0.05, 0.1) is 28.4 Å². The lowest BCUT2D eigenvalue weighted by Crippen LogP contribution is -2.28. The normalized spacial score (nSPS) is 12.8. The summed E-state index contributed by atoms with van der Waals surface area (Å²) in [6.07, 6.45) is 7.95. The summed E-state index contributed by atoms with van der Waals surface area (Å²) < 4.78 is 109. The van der Waals surface area contributed by atoms with Crippen molar-refractivity contribution in [1.82, 2.24) is 0 Å². The molecular weight excluding hydrogens is 639 g/mol. The van der Waals surface area contributed by atoms with Gasteiger partial charge in [0.2, 0.25) is 0 Å². The quantitative estimate of drug-likeness (QED) is 0.0560. The van der Waals surface area contributed by atoms with E-state index in [1.807, 2.05) is 83.9 Å². The van der Waals surface area contributed by atoms with Crippen LogP contribution in [0.25, 0.3) is 17.0 Å². The van der Waals surface area contributed by atoms with Gasteiger partial charge in [-0.3, -0.25) is 9.11 Å². The van der Waals surface area contributed by atoms with E-state index in [1.165, 1.54) is 0 Å². The lowest BCUT2D eigenvalue weighted by Gasteiger charge is -2.24. The predicted molar refractivity (Wildman–Crippen MR) is 172 cm³/mol. The molecule has 0 saturated heterocycles. The zero-order valence-electron chi connectivity index (χ0n) is 25.0. The average molecular weight is 677 g/mol. The maximum atomic E-state index is 11.2. The number of fused-ring (bicyclic) bond motifs is 1. The molecule has 3 N–H and O–H groups in total. The van der Waals surface area contributed by atoms with Crippen LogP contribution in [0, 0.1) is 0 Å². The van der Waals surface area contributed by atoms with E-state index >= 15 is 0 Å². The van der Waals surface area contributed by atoms with E-state index in [1.54, 1.807) is 0 Å². The zero-order valence-corrected chi connectivity index (χ0v) is 26.7. The molecule has 0 aliphatic heterocycles. The minimum atomic E-state index is -6.00. The number of halogens is 4. The van der Waals surface area contributed by atoms with E-state index in [0.717, 1.165) is 22.4 Å². The molecule has 2 aromatic carbocycles. The summed E-state index contributed by atoms with van der Waals surface area (Å²) in [6, 6.07) is 17.4. The van der Waals surface area contributed by atoms with Crippen LogP contribution in [0.4, 0.5) is 28.6 Å². The van der Waals surface area contributed by atoms with Crippen molar-refractivity contribution in [2.75, 3.05) is 34.8 Å². The Morgan fingerprint density at radius 1 is 0.867 bits per heavy atom. The van der Waals surface area contributed by atoms with Gasteiger partial charge in [0.1, 0.15) is 0 Å². The van der Waals surface area contributed by atoms with Gasteiger partial charge >= 0.3 is 18.6 Å². The first-order valence-electron chi connectivity index (χ1n) is 13.8. The van der Waals surface area contributed by atoms with Crippen molar-refractivity contribution >= 4 is 55.9 Å². The first-order chi connectivity index (χ1) is 20.7. The zero-order chi connectivity index (χ0) is 33.9. The van der Waals surface area contributed by atoms with Crippen molar-refractivity contribution in [3.05, 3.63) is 84.3 Å². The van der Waals surface area contributed by atoms with Gasteiger partial charge in [-0.2, -0.15) is 16.8 Å². The molecule has 9 nitrogen and oxygen atoms in total. The number of allylic oxidation sites excluding steroid dienone is 2. The summed E-state index contributed by atoms with van der Waals surface area (Å²) in [5, 5.41) is 4.08. The molecule has 0 atom stereocenters. The van der Waals surface area contributed by atoms with Crippen molar-refractivity contribution in [2.24, 2.45) is 0 Å². The molecule has 0 radical (unpaired) electrons. The van der Waals surface area contributed by atoms with Gasteiger partial charge in [0, 0.05) is 42.3 Å². The molecular formula is C29H37BF4N2O7S2. The van der Waals surface area contributed by atoms with Crippen molar-refractivity contribution in [3.8, 4) is 0 Å². The summed E-state index contributed by atoms with van der Waals surface area (Å²) in [6.45, 7) is 6.66. The third-order valence-electron chi connectivity index (χ3n) is 6.05. The number of rotatable bonds is 13. The number of para-hydroxylation sites is 1. The topological polar surface area (TPSA) is 135 Å². The van der Waals surface area contributed by atoms with E-state index in [9.17, 15) is 34.1 Å². The fourth-order valence-electron chi connectivity index (χ4n) is 4.04. The molecule has 0 unspecified atom stereocenters. The van der Waals surface area contributed by atoms with Crippen LogP contribution in [0.15, 0.2) is 77.4 Å². The van der Waals surface area contributed by atoms with Crippen LogP contribution in [0.2, 0.25) is 0 Å². The fourth-order valence-corrected chi connectivity index (χ4v) is 5.03. The molecule has 16 heteroatoms. The lowest BCUT2D eigenvalue weighted by atomic mass is 9.91. The second-order valence-electron chi connectivity index (χ2n) is 11.0. The minimum Gasteiger partial charge on any atom is -0.418 e. The van der Waals surface area contributed by atoms with Crippen LogP contribution >= 0.6 is 0 Å². The summed E-state index contributed by atoms with van der Waals surface area (Å²) >= 11 is 0. The second kappa shape index (κ2) is 16.2. The van der Waals surface area contributed by atoms with Crippen molar-refractivity contribution in [3.63, 3.8) is 0 Å². The highest BCUT2D eigenvalue weighted by Gasteiger charge is 2.29. The number of benzene rings is 2. The molecule has 0 bridgehead atoms. The van der Waals surface area contributed by atoms with Crippen LogP contribution < -0.4 is 10.2 Å². The molecule has 1 aromatic heterocycles. The van der Waals surface area contributed by atoms with Crippen LogP contribution in [0.5, 0.6) is 0 Å². The molecule has 3 rings (SSSR count). The van der Waals surface area contributed by atoms with Crippen LogP contribution in [0.3, 0.4) is 0 Å². The van der Waals surface area contributed by atoms with E-state index in [4.69, 9.17) is 13.5 Å². The van der Waals surface area contributed by atoms with Crippen molar-refractivity contribution in [1.29, 1.82) is 0 Å².